The third-order valence-corrected chi connectivity index (χ3v) is 5.41. The fourth-order valence-corrected chi connectivity index (χ4v) is 3.94. The number of rotatable bonds is 3. The van der Waals surface area contributed by atoms with E-state index in [0.29, 0.717) is 5.91 Å². The third-order valence-electron chi connectivity index (χ3n) is 5.41. The van der Waals surface area contributed by atoms with Gasteiger partial charge in [-0.2, -0.15) is 0 Å². The number of piperazine rings is 1. The van der Waals surface area contributed by atoms with Gasteiger partial charge in [0.05, 0.1) is 5.52 Å². The second-order valence-corrected chi connectivity index (χ2v) is 7.08. The molecular weight excluding hydrogens is 310 g/mol. The van der Waals surface area contributed by atoms with Crippen molar-refractivity contribution < 1.29 is 4.79 Å². The van der Waals surface area contributed by atoms with E-state index in [2.05, 4.69) is 51.2 Å². The Hall–Kier alpha value is -2.20. The maximum absolute atomic E-state index is 12.7. The number of fused-ring (bicyclic) bond motifs is 1. The Balaban J connectivity index is 1.37. The van der Waals surface area contributed by atoms with Crippen LogP contribution in [0.3, 0.4) is 0 Å². The summed E-state index contributed by atoms with van der Waals surface area (Å²) in [4.78, 5) is 21.7. The lowest BCUT2D eigenvalue weighted by atomic mass is 9.93. The molecule has 2 heterocycles. The molecule has 1 amide bonds. The van der Waals surface area contributed by atoms with Crippen LogP contribution in [0.25, 0.3) is 10.9 Å². The van der Waals surface area contributed by atoms with E-state index in [0.717, 1.165) is 57.5 Å². The Morgan fingerprint density at radius 2 is 1.92 bits per heavy atom. The highest BCUT2D eigenvalue weighted by Gasteiger charge is 2.27. The van der Waals surface area contributed by atoms with E-state index in [4.69, 9.17) is 0 Å². The molecule has 0 bridgehead atoms. The summed E-state index contributed by atoms with van der Waals surface area (Å²) in [5, 5.41) is 1.19. The normalized spacial score (nSPS) is 21.6. The van der Waals surface area contributed by atoms with Crippen molar-refractivity contribution in [3.8, 4) is 0 Å². The second-order valence-electron chi connectivity index (χ2n) is 7.08. The molecular formula is C21H25N3O. The molecule has 4 rings (SSSR count). The van der Waals surface area contributed by atoms with E-state index < -0.39 is 0 Å². The topological polar surface area (TPSA) is 36.4 Å². The van der Waals surface area contributed by atoms with Crippen molar-refractivity contribution in [1.82, 2.24) is 14.8 Å². The fourth-order valence-electron chi connectivity index (χ4n) is 3.94. The number of pyridine rings is 1. The Morgan fingerprint density at radius 3 is 2.72 bits per heavy atom. The molecule has 2 aliphatic rings. The van der Waals surface area contributed by atoms with Crippen LogP contribution in [0.15, 0.2) is 48.7 Å². The van der Waals surface area contributed by atoms with E-state index in [-0.39, 0.29) is 5.92 Å². The molecule has 1 aromatic carbocycles. The highest BCUT2D eigenvalue weighted by molar-refractivity contribution is 5.81. The third kappa shape index (κ3) is 3.59. The SMILES string of the molecule is O=C([C@H]1CC=CCC1)N1CCN(Cc2cccc3cccnc23)CC1. The molecule has 0 saturated carbocycles. The zero-order chi connectivity index (χ0) is 17.1. The van der Waals surface area contributed by atoms with Crippen LogP contribution < -0.4 is 0 Å². The van der Waals surface area contributed by atoms with Gasteiger partial charge in [-0.15, -0.1) is 0 Å². The van der Waals surface area contributed by atoms with E-state index in [9.17, 15) is 4.79 Å². The fraction of sp³-hybridized carbons (Fsp3) is 0.429. The maximum atomic E-state index is 12.7. The van der Waals surface area contributed by atoms with Gasteiger partial charge in [-0.25, -0.2) is 0 Å². The molecule has 0 N–H and O–H groups in total. The molecule has 4 nitrogen and oxygen atoms in total. The van der Waals surface area contributed by atoms with Crippen LogP contribution in [0.5, 0.6) is 0 Å². The van der Waals surface area contributed by atoms with Gasteiger partial charge in [0.25, 0.3) is 0 Å². The standard InChI is InChI=1S/C21H25N3O/c25-21(18-6-2-1-3-7-18)24-14-12-23(13-15-24)16-19-9-4-8-17-10-5-11-22-20(17)19/h1-2,4-5,8-11,18H,3,6-7,12-16H2/t18-/m0/s1. The first-order valence-electron chi connectivity index (χ1n) is 9.30. The van der Waals surface area contributed by atoms with Crippen molar-refractivity contribution in [3.63, 3.8) is 0 Å². The molecule has 4 heteroatoms. The minimum Gasteiger partial charge on any atom is -0.340 e. The van der Waals surface area contributed by atoms with Crippen molar-refractivity contribution in [2.75, 3.05) is 26.2 Å². The number of nitrogens with zero attached hydrogens (tertiary/aromatic N) is 3. The summed E-state index contributed by atoms with van der Waals surface area (Å²) in [7, 11) is 0. The number of carbonyl (C=O) groups excluding carboxylic acids is 1. The minimum atomic E-state index is 0.207. The molecule has 0 radical (unpaired) electrons. The molecule has 1 aliphatic carbocycles. The van der Waals surface area contributed by atoms with Gasteiger partial charge >= 0.3 is 0 Å². The van der Waals surface area contributed by atoms with Crippen LogP contribution in [0.4, 0.5) is 0 Å². The average molecular weight is 335 g/mol. The van der Waals surface area contributed by atoms with Crippen LogP contribution in [-0.2, 0) is 11.3 Å². The van der Waals surface area contributed by atoms with Gasteiger partial charge in [0.1, 0.15) is 0 Å². The number of para-hydroxylation sites is 1. The van der Waals surface area contributed by atoms with Gasteiger partial charge in [0, 0.05) is 50.2 Å². The summed E-state index contributed by atoms with van der Waals surface area (Å²) in [6.45, 7) is 4.48. The van der Waals surface area contributed by atoms with Gasteiger partial charge in [-0.3, -0.25) is 14.7 Å². The van der Waals surface area contributed by atoms with E-state index in [1.807, 2.05) is 12.3 Å². The molecule has 1 aliphatic heterocycles. The summed E-state index contributed by atoms with van der Waals surface area (Å²) in [6.07, 6.45) is 9.19. The zero-order valence-corrected chi connectivity index (χ0v) is 14.6. The summed E-state index contributed by atoms with van der Waals surface area (Å²) in [5.74, 6) is 0.564. The van der Waals surface area contributed by atoms with E-state index >= 15 is 0 Å². The van der Waals surface area contributed by atoms with Crippen LogP contribution in [-0.4, -0.2) is 46.9 Å². The Labute approximate surface area is 149 Å². The molecule has 1 saturated heterocycles. The summed E-state index contributed by atoms with van der Waals surface area (Å²) >= 11 is 0. The second kappa shape index (κ2) is 7.36. The van der Waals surface area contributed by atoms with Gasteiger partial charge in [-0.05, 0) is 30.9 Å². The van der Waals surface area contributed by atoms with Crippen molar-refractivity contribution in [2.24, 2.45) is 5.92 Å². The molecule has 0 spiro atoms. The largest absolute Gasteiger partial charge is 0.340 e. The molecule has 1 atom stereocenters. The number of allylic oxidation sites excluding steroid dienone is 2. The molecule has 130 valence electrons. The number of carbonyl (C=O) groups is 1. The summed E-state index contributed by atoms with van der Waals surface area (Å²) in [6, 6.07) is 10.5. The van der Waals surface area contributed by atoms with Crippen molar-refractivity contribution in [1.29, 1.82) is 0 Å². The average Bonchev–Trinajstić information content (AvgIpc) is 2.69. The van der Waals surface area contributed by atoms with Gasteiger partial charge in [0.2, 0.25) is 5.91 Å². The molecule has 1 aromatic heterocycles. The van der Waals surface area contributed by atoms with Crippen LogP contribution in [0.1, 0.15) is 24.8 Å². The van der Waals surface area contributed by atoms with Gasteiger partial charge < -0.3 is 4.90 Å². The predicted molar refractivity (Wildman–Crippen MR) is 100 cm³/mol. The van der Waals surface area contributed by atoms with E-state index in [1.165, 1.54) is 10.9 Å². The molecule has 0 unspecified atom stereocenters. The van der Waals surface area contributed by atoms with Crippen molar-refractivity contribution in [2.45, 2.75) is 25.8 Å². The minimum absolute atomic E-state index is 0.207. The summed E-state index contributed by atoms with van der Waals surface area (Å²) in [5.41, 5.74) is 2.37. The van der Waals surface area contributed by atoms with Gasteiger partial charge in [0.15, 0.2) is 0 Å². The van der Waals surface area contributed by atoms with E-state index in [1.54, 1.807) is 0 Å². The first-order valence-corrected chi connectivity index (χ1v) is 9.30. The smallest absolute Gasteiger partial charge is 0.226 e. The summed E-state index contributed by atoms with van der Waals surface area (Å²) < 4.78 is 0. The Bertz CT molecular complexity index is 772. The highest BCUT2D eigenvalue weighted by Crippen LogP contribution is 2.22. The molecule has 1 fully saturated rings. The number of aromatic nitrogens is 1. The lowest BCUT2D eigenvalue weighted by molar-refractivity contribution is -0.137. The van der Waals surface area contributed by atoms with Gasteiger partial charge in [-0.1, -0.05) is 36.4 Å². The Kier molecular flexibility index (Phi) is 4.79. The number of hydrogen-bond acceptors (Lipinski definition) is 3. The molecule has 25 heavy (non-hydrogen) atoms. The molecule has 2 aromatic rings. The lowest BCUT2D eigenvalue weighted by Crippen LogP contribution is -2.50. The zero-order valence-electron chi connectivity index (χ0n) is 14.6. The highest BCUT2D eigenvalue weighted by atomic mass is 16.2. The van der Waals surface area contributed by atoms with Crippen LogP contribution in [0.2, 0.25) is 0 Å². The lowest BCUT2D eigenvalue weighted by Gasteiger charge is -2.36. The first kappa shape index (κ1) is 16.3. The van der Waals surface area contributed by atoms with Crippen molar-refractivity contribution >= 4 is 16.8 Å². The predicted octanol–water partition coefficient (Wildman–Crippen LogP) is 3.24. The van der Waals surface area contributed by atoms with Crippen LogP contribution >= 0.6 is 0 Å². The van der Waals surface area contributed by atoms with Crippen molar-refractivity contribution in [3.05, 3.63) is 54.2 Å². The Morgan fingerprint density at radius 1 is 1.08 bits per heavy atom. The number of amides is 1. The first-order chi connectivity index (χ1) is 12.3. The number of hydrogen-bond donors (Lipinski definition) is 0. The number of benzene rings is 1. The van der Waals surface area contributed by atoms with Crippen LogP contribution in [0, 0.1) is 5.92 Å². The quantitative estimate of drug-likeness (QED) is 0.808. The monoisotopic (exact) mass is 335 g/mol. The maximum Gasteiger partial charge on any atom is 0.226 e.